The van der Waals surface area contributed by atoms with Crippen molar-refractivity contribution in [3.05, 3.63) is 55.7 Å². The van der Waals surface area contributed by atoms with E-state index in [1.807, 2.05) is 23.5 Å². The van der Waals surface area contributed by atoms with Crippen molar-refractivity contribution in [3.63, 3.8) is 0 Å². The minimum atomic E-state index is 0.110. The number of benzene rings is 1. The van der Waals surface area contributed by atoms with E-state index in [0.717, 1.165) is 5.56 Å². The zero-order valence-electron chi connectivity index (χ0n) is 11.0. The van der Waals surface area contributed by atoms with E-state index in [0.29, 0.717) is 10.0 Å². The SMILES string of the molecule is CC(C)(C)c1ccc(C(Br)c2ccc(Cl)cc2Cl)s1. The fraction of sp³-hybridized carbons (Fsp3) is 0.333. The van der Waals surface area contributed by atoms with Gasteiger partial charge in [-0.3, -0.25) is 0 Å². The highest BCUT2D eigenvalue weighted by atomic mass is 79.9. The van der Waals surface area contributed by atoms with Crippen LogP contribution in [0.2, 0.25) is 10.0 Å². The monoisotopic (exact) mass is 376 g/mol. The molecule has 1 heterocycles. The van der Waals surface area contributed by atoms with E-state index in [1.54, 1.807) is 6.07 Å². The van der Waals surface area contributed by atoms with Crippen molar-refractivity contribution in [3.8, 4) is 0 Å². The molecule has 102 valence electrons. The molecule has 1 atom stereocenters. The Balaban J connectivity index is 2.34. The maximum absolute atomic E-state index is 6.26. The highest BCUT2D eigenvalue weighted by Crippen LogP contribution is 2.41. The molecule has 0 radical (unpaired) electrons. The second kappa shape index (κ2) is 5.77. The Labute approximate surface area is 136 Å². The van der Waals surface area contributed by atoms with Crippen LogP contribution in [0.4, 0.5) is 0 Å². The van der Waals surface area contributed by atoms with E-state index in [1.165, 1.54) is 9.75 Å². The number of hydrogen-bond donors (Lipinski definition) is 0. The van der Waals surface area contributed by atoms with E-state index in [9.17, 15) is 0 Å². The molecule has 0 nitrogen and oxygen atoms in total. The predicted molar refractivity (Wildman–Crippen MR) is 90.3 cm³/mol. The Morgan fingerprint density at radius 1 is 1.11 bits per heavy atom. The topological polar surface area (TPSA) is 0 Å². The lowest BCUT2D eigenvalue weighted by Gasteiger charge is -2.16. The molecule has 0 aliphatic rings. The smallest absolute Gasteiger partial charge is 0.0752 e. The Morgan fingerprint density at radius 2 is 1.79 bits per heavy atom. The third-order valence-electron chi connectivity index (χ3n) is 2.85. The molecule has 0 spiro atoms. The van der Waals surface area contributed by atoms with Crippen molar-refractivity contribution in [1.29, 1.82) is 0 Å². The van der Waals surface area contributed by atoms with Gasteiger partial charge in [-0.2, -0.15) is 0 Å². The van der Waals surface area contributed by atoms with Gasteiger partial charge in [-0.05, 0) is 35.2 Å². The van der Waals surface area contributed by atoms with Gasteiger partial charge in [0, 0.05) is 19.8 Å². The van der Waals surface area contributed by atoms with E-state index in [2.05, 4.69) is 48.8 Å². The van der Waals surface area contributed by atoms with Crippen LogP contribution in [0.15, 0.2) is 30.3 Å². The molecule has 4 heteroatoms. The molecule has 0 fully saturated rings. The van der Waals surface area contributed by atoms with Crippen LogP contribution in [0.1, 0.15) is 40.9 Å². The van der Waals surface area contributed by atoms with Crippen molar-refractivity contribution in [2.75, 3.05) is 0 Å². The average molecular weight is 378 g/mol. The molecule has 0 saturated heterocycles. The van der Waals surface area contributed by atoms with Crippen molar-refractivity contribution >= 4 is 50.5 Å². The van der Waals surface area contributed by atoms with Gasteiger partial charge in [0.05, 0.1) is 4.83 Å². The zero-order chi connectivity index (χ0) is 14.2. The maximum Gasteiger partial charge on any atom is 0.0752 e. The number of rotatable bonds is 2. The maximum atomic E-state index is 6.26. The van der Waals surface area contributed by atoms with Crippen LogP contribution in [0, 0.1) is 0 Å². The predicted octanol–water partition coefficient (Wildman–Crippen LogP) is 6.84. The molecule has 1 aromatic carbocycles. The first-order valence-corrected chi connectivity index (χ1v) is 8.47. The standard InChI is InChI=1S/C15H15BrCl2S/c1-15(2,3)13-7-6-12(19-13)14(16)10-5-4-9(17)8-11(10)18/h4-8,14H,1-3H3. The Bertz CT molecular complexity index is 584. The van der Waals surface area contributed by atoms with Gasteiger partial charge >= 0.3 is 0 Å². The second-order valence-electron chi connectivity index (χ2n) is 5.48. The number of hydrogen-bond acceptors (Lipinski definition) is 1. The molecule has 0 N–H and O–H groups in total. The first-order chi connectivity index (χ1) is 8.79. The van der Waals surface area contributed by atoms with Crippen molar-refractivity contribution in [1.82, 2.24) is 0 Å². The van der Waals surface area contributed by atoms with Crippen molar-refractivity contribution in [2.24, 2.45) is 0 Å². The van der Waals surface area contributed by atoms with Crippen LogP contribution in [0.5, 0.6) is 0 Å². The molecule has 0 aliphatic heterocycles. The number of halogens is 3. The van der Waals surface area contributed by atoms with Gasteiger partial charge in [0.25, 0.3) is 0 Å². The van der Waals surface area contributed by atoms with Gasteiger partial charge in [-0.1, -0.05) is 66.0 Å². The normalized spacial score (nSPS) is 13.6. The van der Waals surface area contributed by atoms with Crippen molar-refractivity contribution in [2.45, 2.75) is 31.0 Å². The van der Waals surface area contributed by atoms with Crippen molar-refractivity contribution < 1.29 is 0 Å². The largest absolute Gasteiger partial charge is 0.143 e. The Hall–Kier alpha value is -0.0200. The molecule has 2 aromatic rings. The molecular weight excluding hydrogens is 363 g/mol. The molecule has 0 amide bonds. The summed E-state index contributed by atoms with van der Waals surface area (Å²) in [6.07, 6.45) is 0. The summed E-state index contributed by atoms with van der Waals surface area (Å²) in [6, 6.07) is 9.98. The fourth-order valence-electron chi connectivity index (χ4n) is 1.75. The lowest BCUT2D eigenvalue weighted by molar-refractivity contribution is 0.604. The molecule has 19 heavy (non-hydrogen) atoms. The van der Waals surface area contributed by atoms with Gasteiger partial charge in [0.15, 0.2) is 0 Å². The van der Waals surface area contributed by atoms with Crippen LogP contribution in [-0.2, 0) is 5.41 Å². The first-order valence-electron chi connectivity index (χ1n) is 5.98. The molecular formula is C15H15BrCl2S. The fourth-order valence-corrected chi connectivity index (χ4v) is 4.30. The number of alkyl halides is 1. The van der Waals surface area contributed by atoms with Crippen LogP contribution in [0.3, 0.4) is 0 Å². The summed E-state index contributed by atoms with van der Waals surface area (Å²) >= 11 is 17.7. The minimum Gasteiger partial charge on any atom is -0.143 e. The summed E-state index contributed by atoms with van der Waals surface area (Å²) < 4.78 is 0. The van der Waals surface area contributed by atoms with Crippen LogP contribution < -0.4 is 0 Å². The van der Waals surface area contributed by atoms with E-state index in [-0.39, 0.29) is 10.2 Å². The van der Waals surface area contributed by atoms with Crippen LogP contribution in [0.25, 0.3) is 0 Å². The van der Waals surface area contributed by atoms with E-state index >= 15 is 0 Å². The van der Waals surface area contributed by atoms with Gasteiger partial charge in [-0.25, -0.2) is 0 Å². The second-order valence-corrected chi connectivity index (χ2v) is 8.36. The highest BCUT2D eigenvalue weighted by Gasteiger charge is 2.20. The Kier molecular flexibility index (Phi) is 4.67. The summed E-state index contributed by atoms with van der Waals surface area (Å²) in [5.41, 5.74) is 1.23. The molecule has 2 rings (SSSR count). The summed E-state index contributed by atoms with van der Waals surface area (Å²) in [5.74, 6) is 0. The van der Waals surface area contributed by atoms with Crippen LogP contribution in [-0.4, -0.2) is 0 Å². The molecule has 0 saturated carbocycles. The van der Waals surface area contributed by atoms with Gasteiger partial charge in [0.1, 0.15) is 0 Å². The number of thiophene rings is 1. The van der Waals surface area contributed by atoms with E-state index in [4.69, 9.17) is 23.2 Å². The summed E-state index contributed by atoms with van der Waals surface area (Å²) in [7, 11) is 0. The molecule has 0 aliphatic carbocycles. The van der Waals surface area contributed by atoms with Gasteiger partial charge in [0.2, 0.25) is 0 Å². The van der Waals surface area contributed by atoms with E-state index < -0.39 is 0 Å². The molecule has 1 unspecified atom stereocenters. The summed E-state index contributed by atoms with van der Waals surface area (Å²) in [6.45, 7) is 6.67. The summed E-state index contributed by atoms with van der Waals surface area (Å²) in [5, 5.41) is 1.36. The lowest BCUT2D eigenvalue weighted by atomic mass is 9.95. The minimum absolute atomic E-state index is 0.110. The van der Waals surface area contributed by atoms with Crippen LogP contribution >= 0.6 is 50.5 Å². The zero-order valence-corrected chi connectivity index (χ0v) is 14.9. The third kappa shape index (κ3) is 3.55. The molecule has 0 bridgehead atoms. The van der Waals surface area contributed by atoms with Gasteiger partial charge < -0.3 is 0 Å². The highest BCUT2D eigenvalue weighted by molar-refractivity contribution is 9.09. The first kappa shape index (κ1) is 15.4. The average Bonchev–Trinajstić information content (AvgIpc) is 2.76. The summed E-state index contributed by atoms with van der Waals surface area (Å²) in [4.78, 5) is 2.74. The lowest BCUT2D eigenvalue weighted by Crippen LogP contribution is -2.07. The van der Waals surface area contributed by atoms with Gasteiger partial charge in [-0.15, -0.1) is 11.3 Å². The third-order valence-corrected chi connectivity index (χ3v) is 6.28. The quantitative estimate of drug-likeness (QED) is 0.502. The molecule has 1 aromatic heterocycles. The Morgan fingerprint density at radius 3 is 2.32 bits per heavy atom.